The first kappa shape index (κ1) is 14.3. The van der Waals surface area contributed by atoms with E-state index in [1.54, 1.807) is 0 Å². The van der Waals surface area contributed by atoms with E-state index in [4.69, 9.17) is 0 Å². The summed E-state index contributed by atoms with van der Waals surface area (Å²) < 4.78 is 2.24. The Morgan fingerprint density at radius 1 is 1.00 bits per heavy atom. The van der Waals surface area contributed by atoms with Gasteiger partial charge in [0.15, 0.2) is 5.71 Å². The Balaban J connectivity index is 2.05. The average Bonchev–Trinajstić information content (AvgIpc) is 2.73. The Morgan fingerprint density at radius 3 is 2.41 bits per heavy atom. The van der Waals surface area contributed by atoms with Crippen LogP contribution in [0.25, 0.3) is 6.08 Å². The van der Waals surface area contributed by atoms with Crippen LogP contribution in [0.5, 0.6) is 0 Å². The van der Waals surface area contributed by atoms with Gasteiger partial charge in [-0.15, -0.1) is 0 Å². The molecule has 0 N–H and O–H groups in total. The third kappa shape index (κ3) is 2.16. The highest BCUT2D eigenvalue weighted by atomic mass is 15.0. The number of allylic oxidation sites excluding steroid dienone is 1. The van der Waals surface area contributed by atoms with Crippen LogP contribution in [0, 0.1) is 11.3 Å². The van der Waals surface area contributed by atoms with Crippen molar-refractivity contribution in [2.75, 3.05) is 7.05 Å². The summed E-state index contributed by atoms with van der Waals surface area (Å²) in [5.41, 5.74) is 5.45. The Kier molecular flexibility index (Phi) is 3.42. The minimum Gasteiger partial charge on any atom is -0.198 e. The van der Waals surface area contributed by atoms with E-state index in [-0.39, 0.29) is 5.41 Å². The predicted octanol–water partition coefficient (Wildman–Crippen LogP) is 4.28. The van der Waals surface area contributed by atoms with Crippen molar-refractivity contribution in [3.63, 3.8) is 0 Å². The molecule has 0 radical (unpaired) electrons. The molecule has 0 saturated carbocycles. The van der Waals surface area contributed by atoms with E-state index < -0.39 is 0 Å². The normalized spacial score (nSPS) is 15.9. The molecule has 0 unspecified atom stereocenters. The Bertz CT molecular complexity index is 833. The Morgan fingerprint density at radius 2 is 1.68 bits per heavy atom. The molecular weight excluding hydrogens is 268 g/mol. The highest BCUT2D eigenvalue weighted by Crippen LogP contribution is 2.39. The summed E-state index contributed by atoms with van der Waals surface area (Å²) in [5, 5.41) is 9.21. The molecule has 0 bridgehead atoms. The van der Waals surface area contributed by atoms with Gasteiger partial charge in [-0.1, -0.05) is 36.4 Å². The molecule has 108 valence electrons. The lowest BCUT2D eigenvalue weighted by atomic mass is 9.81. The Labute approximate surface area is 131 Å². The van der Waals surface area contributed by atoms with Gasteiger partial charge in [0.2, 0.25) is 5.69 Å². The zero-order valence-corrected chi connectivity index (χ0v) is 13.2. The lowest BCUT2D eigenvalue weighted by molar-refractivity contribution is -0.401. The number of hydrogen-bond acceptors (Lipinski definition) is 1. The van der Waals surface area contributed by atoms with Crippen LogP contribution in [0.4, 0.5) is 5.69 Å². The topological polar surface area (TPSA) is 26.8 Å². The van der Waals surface area contributed by atoms with Crippen molar-refractivity contribution in [2.24, 2.45) is 0 Å². The monoisotopic (exact) mass is 287 g/mol. The molecule has 1 aliphatic heterocycles. The van der Waals surface area contributed by atoms with Crippen molar-refractivity contribution in [1.82, 2.24) is 0 Å². The van der Waals surface area contributed by atoms with Crippen LogP contribution in [0.1, 0.15) is 30.5 Å². The van der Waals surface area contributed by atoms with E-state index in [0.717, 1.165) is 5.56 Å². The number of hydrogen-bond donors (Lipinski definition) is 0. The minimum absolute atomic E-state index is 0.0383. The van der Waals surface area contributed by atoms with E-state index in [1.807, 2.05) is 30.3 Å². The summed E-state index contributed by atoms with van der Waals surface area (Å²) in [6, 6.07) is 18.4. The zero-order valence-electron chi connectivity index (χ0n) is 13.2. The molecule has 0 aromatic heterocycles. The van der Waals surface area contributed by atoms with Crippen molar-refractivity contribution >= 4 is 17.5 Å². The smallest absolute Gasteiger partial charge is 0.198 e. The molecule has 22 heavy (non-hydrogen) atoms. The van der Waals surface area contributed by atoms with Crippen LogP contribution in [0.3, 0.4) is 0 Å². The fourth-order valence-electron chi connectivity index (χ4n) is 3.21. The summed E-state index contributed by atoms with van der Waals surface area (Å²) >= 11 is 0. The molecular formula is C20H19N2+. The maximum absolute atomic E-state index is 9.21. The Hall–Kier alpha value is -2.66. The van der Waals surface area contributed by atoms with Gasteiger partial charge < -0.3 is 0 Å². The number of benzene rings is 2. The van der Waals surface area contributed by atoms with Crippen LogP contribution in [-0.4, -0.2) is 17.3 Å². The van der Waals surface area contributed by atoms with Gasteiger partial charge in [0.25, 0.3) is 0 Å². The van der Waals surface area contributed by atoms with Crippen LogP contribution in [0.15, 0.2) is 54.6 Å². The molecule has 2 aromatic carbocycles. The molecule has 1 heterocycles. The molecule has 0 aliphatic carbocycles. The van der Waals surface area contributed by atoms with Gasteiger partial charge in [-0.05, 0) is 31.6 Å². The molecule has 0 atom stereocenters. The quantitative estimate of drug-likeness (QED) is 0.757. The van der Waals surface area contributed by atoms with Crippen molar-refractivity contribution < 1.29 is 4.58 Å². The summed E-state index contributed by atoms with van der Waals surface area (Å²) in [4.78, 5) is 0. The van der Waals surface area contributed by atoms with Crippen molar-refractivity contribution in [1.29, 1.82) is 5.26 Å². The lowest BCUT2D eigenvalue weighted by Crippen LogP contribution is -2.26. The molecule has 0 saturated heterocycles. The standard InChI is InChI=1S/C20H19N2/c1-20(2)17-10-6-7-11-18(17)22(3)19(20)13-12-15-8-4-5-9-16(15)14-21/h4-13H,1-3H3/q+1. The van der Waals surface area contributed by atoms with Crippen LogP contribution in [0.2, 0.25) is 0 Å². The summed E-state index contributed by atoms with van der Waals surface area (Å²) in [6.07, 6.45) is 4.17. The fraction of sp³-hybridized carbons (Fsp3) is 0.200. The number of nitrogens with zero attached hydrogens (tertiary/aromatic N) is 2. The second kappa shape index (κ2) is 5.27. The molecule has 1 aliphatic rings. The highest BCUT2D eigenvalue weighted by Gasteiger charge is 2.42. The van der Waals surface area contributed by atoms with Crippen LogP contribution >= 0.6 is 0 Å². The molecule has 0 amide bonds. The van der Waals surface area contributed by atoms with Gasteiger partial charge in [0.1, 0.15) is 7.05 Å². The fourth-order valence-corrected chi connectivity index (χ4v) is 3.21. The number of fused-ring (bicyclic) bond motifs is 1. The van der Waals surface area contributed by atoms with Crippen LogP contribution < -0.4 is 0 Å². The van der Waals surface area contributed by atoms with E-state index in [9.17, 15) is 5.26 Å². The second-order valence-electron chi connectivity index (χ2n) is 6.12. The lowest BCUT2D eigenvalue weighted by Gasteiger charge is -2.15. The summed E-state index contributed by atoms with van der Waals surface area (Å²) in [7, 11) is 2.10. The number of nitriles is 1. The average molecular weight is 287 g/mol. The van der Waals surface area contributed by atoms with Gasteiger partial charge in [0, 0.05) is 17.7 Å². The molecule has 3 rings (SSSR count). The first-order chi connectivity index (χ1) is 10.6. The van der Waals surface area contributed by atoms with Gasteiger partial charge in [-0.2, -0.15) is 9.84 Å². The molecule has 0 spiro atoms. The van der Waals surface area contributed by atoms with E-state index in [0.29, 0.717) is 5.56 Å². The molecule has 2 heteroatoms. The van der Waals surface area contributed by atoms with Gasteiger partial charge >= 0.3 is 0 Å². The van der Waals surface area contributed by atoms with Crippen molar-refractivity contribution in [3.05, 3.63) is 71.3 Å². The maximum Gasteiger partial charge on any atom is 0.209 e. The third-order valence-corrected chi connectivity index (χ3v) is 4.44. The van der Waals surface area contributed by atoms with E-state index in [1.165, 1.54) is 17.0 Å². The van der Waals surface area contributed by atoms with Crippen LogP contribution in [-0.2, 0) is 5.41 Å². The summed E-state index contributed by atoms with van der Waals surface area (Å²) in [5.74, 6) is 0. The highest BCUT2D eigenvalue weighted by molar-refractivity contribution is 6.05. The maximum atomic E-state index is 9.21. The zero-order chi connectivity index (χ0) is 15.7. The molecule has 2 nitrogen and oxygen atoms in total. The van der Waals surface area contributed by atoms with Gasteiger partial charge in [-0.25, -0.2) is 0 Å². The first-order valence-corrected chi connectivity index (χ1v) is 7.43. The first-order valence-electron chi connectivity index (χ1n) is 7.43. The number of para-hydroxylation sites is 1. The van der Waals surface area contributed by atoms with E-state index in [2.05, 4.69) is 61.9 Å². The number of rotatable bonds is 2. The van der Waals surface area contributed by atoms with E-state index >= 15 is 0 Å². The second-order valence-corrected chi connectivity index (χ2v) is 6.12. The van der Waals surface area contributed by atoms with Crippen molar-refractivity contribution in [2.45, 2.75) is 19.3 Å². The SMILES string of the molecule is C[N+]1=C(C=Cc2ccccc2C#N)C(C)(C)c2ccccc21. The molecule has 2 aromatic rings. The van der Waals surface area contributed by atoms with Gasteiger partial charge in [-0.3, -0.25) is 0 Å². The molecule has 0 fully saturated rings. The predicted molar refractivity (Wildman–Crippen MR) is 90.5 cm³/mol. The largest absolute Gasteiger partial charge is 0.209 e. The summed E-state index contributed by atoms with van der Waals surface area (Å²) in [6.45, 7) is 4.48. The van der Waals surface area contributed by atoms with Gasteiger partial charge in [0.05, 0.1) is 17.0 Å². The van der Waals surface area contributed by atoms with Crippen molar-refractivity contribution in [3.8, 4) is 6.07 Å². The third-order valence-electron chi connectivity index (χ3n) is 4.44. The minimum atomic E-state index is -0.0383.